The van der Waals surface area contributed by atoms with E-state index in [2.05, 4.69) is 30.4 Å². The highest BCUT2D eigenvalue weighted by Crippen LogP contribution is 2.20. The Morgan fingerprint density at radius 2 is 2.09 bits per heavy atom. The number of nitrogens with zero attached hydrogens (tertiary/aromatic N) is 1. The van der Waals surface area contributed by atoms with Crippen LogP contribution in [0.3, 0.4) is 0 Å². The number of nitrogens with one attached hydrogen (secondary N) is 1. The van der Waals surface area contributed by atoms with Crippen molar-refractivity contribution < 1.29 is 9.47 Å². The lowest BCUT2D eigenvalue weighted by Crippen LogP contribution is -2.41. The van der Waals surface area contributed by atoms with Gasteiger partial charge < -0.3 is 9.47 Å². The normalized spacial score (nSPS) is 22.5. The zero-order valence-electron chi connectivity index (χ0n) is 13.5. The fraction of sp³-hybridized carbons (Fsp3) is 0.611. The van der Waals surface area contributed by atoms with Gasteiger partial charge in [-0.3, -0.25) is 5.32 Å². The molecule has 2 rings (SSSR count). The summed E-state index contributed by atoms with van der Waals surface area (Å²) in [4.78, 5) is 0. The van der Waals surface area contributed by atoms with Crippen LogP contribution in [0, 0.1) is 17.2 Å². The van der Waals surface area contributed by atoms with Gasteiger partial charge in [0, 0.05) is 19.1 Å². The predicted octanol–water partition coefficient (Wildman–Crippen LogP) is 3.24. The Labute approximate surface area is 133 Å². The van der Waals surface area contributed by atoms with E-state index in [0.717, 1.165) is 25.9 Å². The highest BCUT2D eigenvalue weighted by Gasteiger charge is 2.26. The number of hydrogen-bond donors (Lipinski definition) is 1. The summed E-state index contributed by atoms with van der Waals surface area (Å²) in [6.45, 7) is 5.55. The molecule has 1 heterocycles. The Morgan fingerprint density at radius 1 is 1.32 bits per heavy atom. The van der Waals surface area contributed by atoms with E-state index in [9.17, 15) is 5.26 Å². The third-order valence-electron chi connectivity index (χ3n) is 4.28. The van der Waals surface area contributed by atoms with E-state index in [4.69, 9.17) is 9.47 Å². The smallest absolute Gasteiger partial charge is 0.157 e. The van der Waals surface area contributed by atoms with Crippen molar-refractivity contribution in [2.45, 2.75) is 58.1 Å². The lowest BCUT2D eigenvalue weighted by Gasteiger charge is -2.30. The van der Waals surface area contributed by atoms with Crippen LogP contribution >= 0.6 is 0 Å². The Kier molecular flexibility index (Phi) is 6.85. The van der Waals surface area contributed by atoms with Crippen molar-refractivity contribution in [3.63, 3.8) is 0 Å². The molecule has 0 aromatic heterocycles. The van der Waals surface area contributed by atoms with Crippen molar-refractivity contribution in [2.24, 2.45) is 5.92 Å². The molecule has 1 aliphatic rings. The van der Waals surface area contributed by atoms with E-state index in [1.807, 2.05) is 25.1 Å². The molecule has 4 nitrogen and oxygen atoms in total. The molecule has 1 aromatic rings. The van der Waals surface area contributed by atoms with Crippen LogP contribution in [0.25, 0.3) is 0 Å². The standard InChI is InChI=1S/C18H26N2O2/c1-14(15(2)22-18-10-6-7-11-21-18)17(12-19)20-13-16-8-4-3-5-9-16/h3-5,8-9,14-15,17-18,20H,6-7,10-11,13H2,1-2H3/t14-,15-,17-,18?/m0/s1. The lowest BCUT2D eigenvalue weighted by atomic mass is 9.97. The summed E-state index contributed by atoms with van der Waals surface area (Å²) in [5, 5.41) is 12.8. The molecule has 0 amide bonds. The fourth-order valence-corrected chi connectivity index (χ4v) is 2.63. The van der Waals surface area contributed by atoms with E-state index in [1.165, 1.54) is 5.56 Å². The van der Waals surface area contributed by atoms with Gasteiger partial charge in [0.2, 0.25) is 0 Å². The second-order valence-electron chi connectivity index (χ2n) is 5.97. The van der Waals surface area contributed by atoms with Gasteiger partial charge in [-0.1, -0.05) is 37.3 Å². The first-order valence-electron chi connectivity index (χ1n) is 8.14. The molecule has 1 aliphatic heterocycles. The van der Waals surface area contributed by atoms with Crippen molar-refractivity contribution in [1.29, 1.82) is 5.26 Å². The van der Waals surface area contributed by atoms with Crippen LogP contribution in [0.4, 0.5) is 0 Å². The van der Waals surface area contributed by atoms with Crippen molar-refractivity contribution in [2.75, 3.05) is 6.61 Å². The molecule has 4 atom stereocenters. The van der Waals surface area contributed by atoms with Gasteiger partial charge in [0.25, 0.3) is 0 Å². The zero-order valence-corrected chi connectivity index (χ0v) is 13.5. The summed E-state index contributed by atoms with van der Waals surface area (Å²) in [5.74, 6) is 0.0965. The number of rotatable bonds is 7. The van der Waals surface area contributed by atoms with Crippen LogP contribution in [0.2, 0.25) is 0 Å². The summed E-state index contributed by atoms with van der Waals surface area (Å²) in [6, 6.07) is 12.2. The van der Waals surface area contributed by atoms with E-state index >= 15 is 0 Å². The maximum absolute atomic E-state index is 9.43. The first kappa shape index (κ1) is 17.0. The van der Waals surface area contributed by atoms with Gasteiger partial charge in [0.1, 0.15) is 6.04 Å². The first-order chi connectivity index (χ1) is 10.7. The predicted molar refractivity (Wildman–Crippen MR) is 86.0 cm³/mol. The zero-order chi connectivity index (χ0) is 15.8. The third-order valence-corrected chi connectivity index (χ3v) is 4.28. The van der Waals surface area contributed by atoms with Crippen molar-refractivity contribution in [3.05, 3.63) is 35.9 Å². The molecule has 0 bridgehead atoms. The summed E-state index contributed by atoms with van der Waals surface area (Å²) in [6.07, 6.45) is 3.09. The minimum absolute atomic E-state index is 0.0176. The second-order valence-corrected chi connectivity index (χ2v) is 5.97. The highest BCUT2D eigenvalue weighted by molar-refractivity contribution is 5.15. The molecule has 1 aromatic carbocycles. The highest BCUT2D eigenvalue weighted by atomic mass is 16.7. The minimum Gasteiger partial charge on any atom is -0.353 e. The molecular formula is C18H26N2O2. The van der Waals surface area contributed by atoms with Crippen molar-refractivity contribution in [3.8, 4) is 6.07 Å². The van der Waals surface area contributed by atoms with Gasteiger partial charge in [-0.2, -0.15) is 5.26 Å². The maximum Gasteiger partial charge on any atom is 0.157 e. The maximum atomic E-state index is 9.43. The Morgan fingerprint density at radius 3 is 2.73 bits per heavy atom. The van der Waals surface area contributed by atoms with Crippen LogP contribution in [-0.4, -0.2) is 25.0 Å². The molecule has 4 heteroatoms. The van der Waals surface area contributed by atoms with Crippen LogP contribution in [0.5, 0.6) is 0 Å². The van der Waals surface area contributed by atoms with Gasteiger partial charge in [-0.25, -0.2) is 0 Å². The quantitative estimate of drug-likeness (QED) is 0.840. The molecule has 1 fully saturated rings. The van der Waals surface area contributed by atoms with Crippen LogP contribution in [0.1, 0.15) is 38.7 Å². The molecule has 0 spiro atoms. The van der Waals surface area contributed by atoms with Gasteiger partial charge in [0.15, 0.2) is 6.29 Å². The van der Waals surface area contributed by atoms with E-state index in [-0.39, 0.29) is 24.4 Å². The van der Waals surface area contributed by atoms with Crippen LogP contribution in [-0.2, 0) is 16.0 Å². The molecule has 0 saturated carbocycles. The SMILES string of the molecule is C[C@H]([C@H](C#N)NCc1ccccc1)[C@H](C)OC1CCCCO1. The number of ether oxygens (including phenoxy) is 2. The monoisotopic (exact) mass is 302 g/mol. The number of benzene rings is 1. The van der Waals surface area contributed by atoms with E-state index in [1.54, 1.807) is 0 Å². The summed E-state index contributed by atoms with van der Waals surface area (Å²) in [5.41, 5.74) is 1.18. The van der Waals surface area contributed by atoms with Crippen LogP contribution in [0.15, 0.2) is 30.3 Å². The van der Waals surface area contributed by atoms with Crippen LogP contribution < -0.4 is 5.32 Å². The largest absolute Gasteiger partial charge is 0.353 e. The molecule has 22 heavy (non-hydrogen) atoms. The molecule has 0 radical (unpaired) electrons. The number of hydrogen-bond acceptors (Lipinski definition) is 4. The average Bonchev–Trinajstić information content (AvgIpc) is 2.57. The summed E-state index contributed by atoms with van der Waals surface area (Å²) < 4.78 is 11.6. The second kappa shape index (κ2) is 8.89. The van der Waals surface area contributed by atoms with E-state index in [0.29, 0.717) is 6.54 Å². The average molecular weight is 302 g/mol. The first-order valence-corrected chi connectivity index (χ1v) is 8.14. The molecule has 1 saturated heterocycles. The molecular weight excluding hydrogens is 276 g/mol. The Bertz CT molecular complexity index is 466. The molecule has 1 unspecified atom stereocenters. The summed E-state index contributed by atoms with van der Waals surface area (Å²) in [7, 11) is 0. The Balaban J connectivity index is 1.82. The van der Waals surface area contributed by atoms with Crippen molar-refractivity contribution >= 4 is 0 Å². The molecule has 1 N–H and O–H groups in total. The van der Waals surface area contributed by atoms with Gasteiger partial charge >= 0.3 is 0 Å². The third kappa shape index (κ3) is 5.10. The lowest BCUT2D eigenvalue weighted by molar-refractivity contribution is -0.194. The minimum atomic E-state index is -0.237. The Hall–Kier alpha value is -1.41. The topological polar surface area (TPSA) is 54.3 Å². The molecule has 0 aliphatic carbocycles. The van der Waals surface area contributed by atoms with Gasteiger partial charge in [-0.05, 0) is 31.7 Å². The number of nitriles is 1. The fourth-order valence-electron chi connectivity index (χ4n) is 2.63. The van der Waals surface area contributed by atoms with Gasteiger partial charge in [0.05, 0.1) is 12.2 Å². The van der Waals surface area contributed by atoms with Gasteiger partial charge in [-0.15, -0.1) is 0 Å². The van der Waals surface area contributed by atoms with E-state index < -0.39 is 0 Å². The van der Waals surface area contributed by atoms with Crippen molar-refractivity contribution in [1.82, 2.24) is 5.32 Å². The molecule has 120 valence electrons. The summed E-state index contributed by atoms with van der Waals surface area (Å²) >= 11 is 0.